The number of carbonyl (C=O) groups excluding carboxylic acids is 4. The highest BCUT2D eigenvalue weighted by molar-refractivity contribution is 6.04. The molecule has 0 aliphatic carbocycles. The van der Waals surface area contributed by atoms with Gasteiger partial charge < -0.3 is 10.6 Å². The van der Waals surface area contributed by atoms with E-state index in [1.54, 1.807) is 13.8 Å². The van der Waals surface area contributed by atoms with Crippen molar-refractivity contribution in [2.75, 3.05) is 13.1 Å². The smallest absolute Gasteiger partial charge is 0.230 e. The van der Waals surface area contributed by atoms with E-state index in [4.69, 9.17) is 0 Å². The normalized spacial score (nSPS) is 13.3. The van der Waals surface area contributed by atoms with Crippen molar-refractivity contribution in [1.29, 1.82) is 0 Å². The van der Waals surface area contributed by atoms with Gasteiger partial charge in [0.2, 0.25) is 11.8 Å². The zero-order valence-corrected chi connectivity index (χ0v) is 11.9. The highest BCUT2D eigenvalue weighted by Gasteiger charge is 2.32. The summed E-state index contributed by atoms with van der Waals surface area (Å²) in [4.78, 5) is 46.5. The first-order chi connectivity index (χ1) is 8.84. The van der Waals surface area contributed by atoms with Gasteiger partial charge in [-0.05, 0) is 34.1 Å². The first-order valence-corrected chi connectivity index (χ1v) is 6.41. The SMILES string of the molecule is CCNC(=O)C(CC(C(C)=O)C(=O)NCC)C(C)=O. The molecule has 0 aliphatic rings. The lowest BCUT2D eigenvalue weighted by Crippen LogP contribution is -2.41. The van der Waals surface area contributed by atoms with Crippen molar-refractivity contribution < 1.29 is 19.2 Å². The highest BCUT2D eigenvalue weighted by Crippen LogP contribution is 2.16. The lowest BCUT2D eigenvalue weighted by molar-refractivity contribution is -0.136. The van der Waals surface area contributed by atoms with Crippen LogP contribution < -0.4 is 10.6 Å². The van der Waals surface area contributed by atoms with Crippen LogP contribution >= 0.6 is 0 Å². The van der Waals surface area contributed by atoms with Crippen molar-refractivity contribution in [3.8, 4) is 0 Å². The van der Waals surface area contributed by atoms with Gasteiger partial charge in [0.1, 0.15) is 11.6 Å². The molecular formula is C13H22N2O4. The fraction of sp³-hybridized carbons (Fsp3) is 0.692. The van der Waals surface area contributed by atoms with Crippen molar-refractivity contribution in [3.63, 3.8) is 0 Å². The van der Waals surface area contributed by atoms with Gasteiger partial charge in [-0.2, -0.15) is 0 Å². The zero-order chi connectivity index (χ0) is 15.0. The number of carbonyl (C=O) groups is 4. The maximum atomic E-state index is 11.7. The Kier molecular flexibility index (Phi) is 7.63. The Morgan fingerprint density at radius 2 is 1.11 bits per heavy atom. The van der Waals surface area contributed by atoms with Crippen molar-refractivity contribution >= 4 is 23.4 Å². The summed E-state index contributed by atoms with van der Waals surface area (Å²) in [5, 5.41) is 5.08. The minimum atomic E-state index is -0.962. The predicted octanol–water partition coefficient (Wildman–Crippen LogP) is 0.0591. The molecule has 0 rings (SSSR count). The van der Waals surface area contributed by atoms with Gasteiger partial charge >= 0.3 is 0 Å². The van der Waals surface area contributed by atoms with Gasteiger partial charge in [-0.3, -0.25) is 19.2 Å². The molecule has 0 aromatic heterocycles. The topological polar surface area (TPSA) is 92.3 Å². The highest BCUT2D eigenvalue weighted by atomic mass is 16.2. The van der Waals surface area contributed by atoms with Crippen LogP contribution in [-0.2, 0) is 19.2 Å². The summed E-state index contributed by atoms with van der Waals surface area (Å²) in [7, 11) is 0. The molecule has 2 amide bonds. The molecule has 6 nitrogen and oxygen atoms in total. The summed E-state index contributed by atoms with van der Waals surface area (Å²) in [6.45, 7) is 6.84. The van der Waals surface area contributed by atoms with Gasteiger partial charge in [0.25, 0.3) is 0 Å². The van der Waals surface area contributed by atoms with E-state index >= 15 is 0 Å². The minimum Gasteiger partial charge on any atom is -0.356 e. The third-order valence-corrected chi connectivity index (χ3v) is 2.79. The Bertz CT molecular complexity index is 332. The van der Waals surface area contributed by atoms with Crippen LogP contribution in [0.2, 0.25) is 0 Å². The second kappa shape index (κ2) is 8.39. The first kappa shape index (κ1) is 17.3. The first-order valence-electron chi connectivity index (χ1n) is 6.41. The molecule has 0 bridgehead atoms. The average molecular weight is 270 g/mol. The van der Waals surface area contributed by atoms with E-state index in [0.717, 1.165) is 0 Å². The molecule has 0 saturated carbocycles. The molecule has 2 unspecified atom stereocenters. The minimum absolute atomic E-state index is 0.0810. The van der Waals surface area contributed by atoms with Crippen LogP contribution in [0.1, 0.15) is 34.1 Å². The lowest BCUT2D eigenvalue weighted by Gasteiger charge is -2.18. The van der Waals surface area contributed by atoms with Gasteiger partial charge in [-0.15, -0.1) is 0 Å². The maximum absolute atomic E-state index is 11.7. The van der Waals surface area contributed by atoms with E-state index in [-0.39, 0.29) is 18.0 Å². The summed E-state index contributed by atoms with van der Waals surface area (Å²) in [6.07, 6.45) is -0.0810. The van der Waals surface area contributed by atoms with Gasteiger partial charge in [0.05, 0.1) is 11.8 Å². The zero-order valence-electron chi connectivity index (χ0n) is 11.9. The monoisotopic (exact) mass is 270 g/mol. The molecule has 108 valence electrons. The number of ketones is 2. The summed E-state index contributed by atoms with van der Waals surface area (Å²) < 4.78 is 0. The van der Waals surface area contributed by atoms with Crippen molar-refractivity contribution in [2.24, 2.45) is 11.8 Å². The summed E-state index contributed by atoms with van der Waals surface area (Å²) in [5.74, 6) is -3.49. The number of rotatable bonds is 8. The second-order valence-electron chi connectivity index (χ2n) is 4.35. The number of nitrogens with one attached hydrogen (secondary N) is 2. The fourth-order valence-corrected chi connectivity index (χ4v) is 1.75. The van der Waals surface area contributed by atoms with Crippen molar-refractivity contribution in [3.05, 3.63) is 0 Å². The third kappa shape index (κ3) is 5.63. The molecule has 0 aromatic carbocycles. The van der Waals surface area contributed by atoms with Crippen LogP contribution in [0.25, 0.3) is 0 Å². The van der Waals surface area contributed by atoms with E-state index in [1.165, 1.54) is 13.8 Å². The van der Waals surface area contributed by atoms with Gasteiger partial charge in [-0.1, -0.05) is 0 Å². The van der Waals surface area contributed by atoms with Crippen molar-refractivity contribution in [1.82, 2.24) is 10.6 Å². The molecule has 19 heavy (non-hydrogen) atoms. The van der Waals surface area contributed by atoms with Gasteiger partial charge in [0.15, 0.2) is 0 Å². The molecule has 6 heteroatoms. The molecule has 0 saturated heterocycles. The Balaban J connectivity index is 4.95. The van der Waals surface area contributed by atoms with Gasteiger partial charge in [-0.25, -0.2) is 0 Å². The van der Waals surface area contributed by atoms with E-state index in [9.17, 15) is 19.2 Å². The largest absolute Gasteiger partial charge is 0.356 e. The molecule has 2 atom stereocenters. The predicted molar refractivity (Wildman–Crippen MR) is 70.3 cm³/mol. The van der Waals surface area contributed by atoms with Crippen LogP contribution in [0.4, 0.5) is 0 Å². The number of amides is 2. The van der Waals surface area contributed by atoms with Gasteiger partial charge in [0, 0.05) is 13.1 Å². The van der Waals surface area contributed by atoms with E-state index in [1.807, 2.05) is 0 Å². The maximum Gasteiger partial charge on any atom is 0.230 e. The van der Waals surface area contributed by atoms with Crippen LogP contribution in [0.3, 0.4) is 0 Å². The molecular weight excluding hydrogens is 248 g/mol. The van der Waals surface area contributed by atoms with Crippen LogP contribution in [-0.4, -0.2) is 36.5 Å². The van der Waals surface area contributed by atoms with Crippen molar-refractivity contribution in [2.45, 2.75) is 34.1 Å². The number of hydrogen-bond donors (Lipinski definition) is 2. The Labute approximate surface area is 113 Å². The van der Waals surface area contributed by atoms with Crippen LogP contribution in [0.15, 0.2) is 0 Å². The molecule has 0 radical (unpaired) electrons. The quantitative estimate of drug-likeness (QED) is 0.610. The number of Topliss-reactive ketones (excluding diaryl/α,β-unsaturated/α-hetero) is 2. The van der Waals surface area contributed by atoms with E-state index in [2.05, 4.69) is 10.6 Å². The molecule has 0 aliphatic heterocycles. The third-order valence-electron chi connectivity index (χ3n) is 2.79. The molecule has 2 N–H and O–H groups in total. The summed E-state index contributed by atoms with van der Waals surface area (Å²) in [5.41, 5.74) is 0. The molecule has 0 heterocycles. The molecule has 0 spiro atoms. The Hall–Kier alpha value is -1.72. The Morgan fingerprint density at radius 1 is 0.789 bits per heavy atom. The molecule has 0 aromatic rings. The second-order valence-corrected chi connectivity index (χ2v) is 4.35. The molecule has 0 fully saturated rings. The number of hydrogen-bond acceptors (Lipinski definition) is 4. The summed E-state index contributed by atoms with van der Waals surface area (Å²) >= 11 is 0. The van der Waals surface area contributed by atoms with Crippen LogP contribution in [0, 0.1) is 11.8 Å². The average Bonchev–Trinajstić information content (AvgIpc) is 2.29. The van der Waals surface area contributed by atoms with E-state index in [0.29, 0.717) is 13.1 Å². The lowest BCUT2D eigenvalue weighted by atomic mass is 9.88. The Morgan fingerprint density at radius 3 is 1.32 bits per heavy atom. The van der Waals surface area contributed by atoms with Crippen LogP contribution in [0.5, 0.6) is 0 Å². The fourth-order valence-electron chi connectivity index (χ4n) is 1.75. The summed E-state index contributed by atoms with van der Waals surface area (Å²) in [6, 6.07) is 0. The van der Waals surface area contributed by atoms with E-state index < -0.39 is 23.7 Å². The standard InChI is InChI=1S/C13H22N2O4/c1-5-14-12(18)10(8(3)16)7-11(9(4)17)13(19)15-6-2/h10-11H,5-7H2,1-4H3,(H,14,18)(H,15,19).